The number of nitrogens with one attached hydrogen (secondary N) is 1. The number of anilines is 1. The number of fused-ring (bicyclic) bond motifs is 1. The number of para-hydroxylation sites is 1. The Kier molecular flexibility index (Phi) is 6.26. The van der Waals surface area contributed by atoms with E-state index in [1.165, 1.54) is 30.3 Å². The molecule has 3 aromatic carbocycles. The molecule has 0 unspecified atom stereocenters. The number of carbonyl (C=O) groups excluding carboxylic acids is 1. The molecule has 4 rings (SSSR count). The molecular weight excluding hydrogens is 429 g/mol. The highest BCUT2D eigenvalue weighted by molar-refractivity contribution is 5.92. The first-order valence-electron chi connectivity index (χ1n) is 10.0. The zero-order chi connectivity index (χ0) is 23.4. The molecule has 0 aliphatic heterocycles. The molecule has 1 N–H and O–H groups in total. The summed E-state index contributed by atoms with van der Waals surface area (Å²) in [7, 11) is 1.56. The summed E-state index contributed by atoms with van der Waals surface area (Å²) in [6.07, 6.45) is 0. The van der Waals surface area contributed by atoms with Gasteiger partial charge in [0.15, 0.2) is 6.61 Å². The molecule has 0 saturated carbocycles. The van der Waals surface area contributed by atoms with Crippen LogP contribution in [-0.4, -0.2) is 19.6 Å². The van der Waals surface area contributed by atoms with Gasteiger partial charge in [-0.05, 0) is 55.5 Å². The van der Waals surface area contributed by atoms with Gasteiger partial charge in [-0.2, -0.15) is 0 Å². The first kappa shape index (κ1) is 21.9. The van der Waals surface area contributed by atoms with Crippen LogP contribution in [0.1, 0.15) is 5.76 Å². The number of methoxy groups -OCH3 is 1. The van der Waals surface area contributed by atoms with Crippen LogP contribution in [0.2, 0.25) is 0 Å². The number of hydrogen-bond donors (Lipinski definition) is 1. The molecule has 1 heterocycles. The Labute approximate surface area is 188 Å². The molecule has 8 heteroatoms. The van der Waals surface area contributed by atoms with Crippen molar-refractivity contribution in [3.05, 3.63) is 88.5 Å². The van der Waals surface area contributed by atoms with Gasteiger partial charge in [0, 0.05) is 6.07 Å². The number of aryl methyl sites for hydroxylation is 1. The van der Waals surface area contributed by atoms with E-state index in [0.29, 0.717) is 22.6 Å². The predicted molar refractivity (Wildman–Crippen MR) is 121 cm³/mol. The van der Waals surface area contributed by atoms with Gasteiger partial charge in [-0.15, -0.1) is 0 Å². The second-order valence-corrected chi connectivity index (χ2v) is 7.07. The third-order valence-corrected chi connectivity index (χ3v) is 4.78. The van der Waals surface area contributed by atoms with Gasteiger partial charge in [0.1, 0.15) is 34.4 Å². The number of hydrogen-bond acceptors (Lipinski definition) is 6. The van der Waals surface area contributed by atoms with Crippen LogP contribution in [0.3, 0.4) is 0 Å². The number of ether oxygens (including phenoxy) is 3. The highest BCUT2D eigenvalue weighted by atomic mass is 19.1. The number of rotatable bonds is 7. The van der Waals surface area contributed by atoms with E-state index in [1.54, 1.807) is 50.4 Å². The molecule has 0 radical (unpaired) electrons. The van der Waals surface area contributed by atoms with Crippen LogP contribution in [0.5, 0.6) is 23.0 Å². The van der Waals surface area contributed by atoms with E-state index >= 15 is 0 Å². The van der Waals surface area contributed by atoms with E-state index in [9.17, 15) is 14.0 Å². The average Bonchev–Trinajstić information content (AvgIpc) is 2.82. The van der Waals surface area contributed by atoms with Crippen LogP contribution in [0.4, 0.5) is 10.1 Å². The summed E-state index contributed by atoms with van der Waals surface area (Å²) in [6.45, 7) is 1.27. The van der Waals surface area contributed by atoms with Crippen molar-refractivity contribution in [3.8, 4) is 23.0 Å². The molecule has 0 aliphatic carbocycles. The van der Waals surface area contributed by atoms with Crippen molar-refractivity contribution < 1.29 is 27.8 Å². The third kappa shape index (κ3) is 4.95. The molecule has 1 amide bonds. The zero-order valence-corrected chi connectivity index (χ0v) is 17.9. The van der Waals surface area contributed by atoms with Gasteiger partial charge < -0.3 is 23.9 Å². The van der Waals surface area contributed by atoms with Gasteiger partial charge in [0.2, 0.25) is 11.2 Å². The number of halogens is 1. The van der Waals surface area contributed by atoms with Crippen molar-refractivity contribution in [1.82, 2.24) is 0 Å². The smallest absolute Gasteiger partial charge is 0.262 e. The lowest BCUT2D eigenvalue weighted by atomic mass is 10.2. The highest BCUT2D eigenvalue weighted by Gasteiger charge is 2.15. The van der Waals surface area contributed by atoms with Crippen molar-refractivity contribution in [2.45, 2.75) is 6.92 Å². The van der Waals surface area contributed by atoms with Crippen LogP contribution < -0.4 is 25.0 Å². The Morgan fingerprint density at radius 3 is 2.42 bits per heavy atom. The lowest BCUT2D eigenvalue weighted by Gasteiger charge is -2.11. The fourth-order valence-corrected chi connectivity index (χ4v) is 3.14. The van der Waals surface area contributed by atoms with Crippen LogP contribution >= 0.6 is 0 Å². The van der Waals surface area contributed by atoms with E-state index < -0.39 is 11.7 Å². The van der Waals surface area contributed by atoms with Gasteiger partial charge in [-0.3, -0.25) is 9.59 Å². The maximum absolute atomic E-state index is 13.7. The van der Waals surface area contributed by atoms with Crippen molar-refractivity contribution in [3.63, 3.8) is 0 Å². The predicted octanol–water partition coefficient (Wildman–Crippen LogP) is 5.06. The quantitative estimate of drug-likeness (QED) is 0.424. The largest absolute Gasteiger partial charge is 0.497 e. The highest BCUT2D eigenvalue weighted by Crippen LogP contribution is 2.28. The molecule has 0 atom stereocenters. The topological polar surface area (TPSA) is 87.0 Å². The first-order valence-corrected chi connectivity index (χ1v) is 10.0. The second-order valence-electron chi connectivity index (χ2n) is 7.07. The summed E-state index contributed by atoms with van der Waals surface area (Å²) in [6, 6.07) is 17.2. The van der Waals surface area contributed by atoms with Crippen molar-refractivity contribution in [2.24, 2.45) is 0 Å². The zero-order valence-electron chi connectivity index (χ0n) is 17.9. The lowest BCUT2D eigenvalue weighted by Crippen LogP contribution is -2.20. The Morgan fingerprint density at radius 1 is 1.00 bits per heavy atom. The molecule has 4 aromatic rings. The number of carbonyl (C=O) groups is 1. The standard InChI is InChI=1S/C25H20FNO6/c1-15-25(33-17-9-7-16(30-2)8-10-17)24(29)19-12-11-18(13-22(19)32-15)31-14-23(28)27-21-6-4-3-5-20(21)26/h3-13H,14H2,1-2H3,(H,27,28). The molecular formula is C25H20FNO6. The SMILES string of the molecule is COc1ccc(Oc2c(C)oc3cc(OCC(=O)Nc4ccccc4F)ccc3c2=O)cc1. The summed E-state index contributed by atoms with van der Waals surface area (Å²) in [5.41, 5.74) is 0.00984. The number of benzene rings is 3. The summed E-state index contributed by atoms with van der Waals surface area (Å²) in [5.74, 6) is 0.745. The van der Waals surface area contributed by atoms with E-state index in [-0.39, 0.29) is 34.8 Å². The Hall–Kier alpha value is -4.33. The van der Waals surface area contributed by atoms with Gasteiger partial charge in [0.25, 0.3) is 5.91 Å². The minimum atomic E-state index is -0.540. The van der Waals surface area contributed by atoms with Crippen molar-refractivity contribution >= 4 is 22.6 Å². The number of amides is 1. The molecule has 33 heavy (non-hydrogen) atoms. The third-order valence-electron chi connectivity index (χ3n) is 4.78. The molecule has 0 bridgehead atoms. The fourth-order valence-electron chi connectivity index (χ4n) is 3.14. The molecule has 0 aliphatic rings. The van der Waals surface area contributed by atoms with E-state index in [2.05, 4.69) is 5.32 Å². The molecule has 168 valence electrons. The second kappa shape index (κ2) is 9.44. The molecule has 0 fully saturated rings. The molecule has 7 nitrogen and oxygen atoms in total. The average molecular weight is 449 g/mol. The molecule has 0 saturated heterocycles. The van der Waals surface area contributed by atoms with Crippen LogP contribution in [0, 0.1) is 12.7 Å². The van der Waals surface area contributed by atoms with E-state index in [1.807, 2.05) is 0 Å². The lowest BCUT2D eigenvalue weighted by molar-refractivity contribution is -0.118. The molecule has 0 spiro atoms. The van der Waals surface area contributed by atoms with E-state index in [4.69, 9.17) is 18.6 Å². The summed E-state index contributed by atoms with van der Waals surface area (Å²) < 4.78 is 35.8. The van der Waals surface area contributed by atoms with E-state index in [0.717, 1.165) is 0 Å². The Bertz CT molecular complexity index is 1360. The van der Waals surface area contributed by atoms with Crippen LogP contribution in [-0.2, 0) is 4.79 Å². The minimum Gasteiger partial charge on any atom is -0.497 e. The summed E-state index contributed by atoms with van der Waals surface area (Å²) in [5, 5.41) is 2.74. The monoisotopic (exact) mass is 449 g/mol. The van der Waals surface area contributed by atoms with Gasteiger partial charge in [-0.25, -0.2) is 4.39 Å². The van der Waals surface area contributed by atoms with Crippen LogP contribution in [0.25, 0.3) is 11.0 Å². The van der Waals surface area contributed by atoms with Crippen LogP contribution in [0.15, 0.2) is 75.9 Å². The summed E-state index contributed by atoms with van der Waals surface area (Å²) >= 11 is 0. The Balaban J connectivity index is 1.49. The Morgan fingerprint density at radius 2 is 1.70 bits per heavy atom. The maximum atomic E-state index is 13.7. The summed E-state index contributed by atoms with van der Waals surface area (Å²) in [4.78, 5) is 25.0. The van der Waals surface area contributed by atoms with Gasteiger partial charge in [0.05, 0.1) is 18.2 Å². The normalized spacial score (nSPS) is 10.6. The van der Waals surface area contributed by atoms with Gasteiger partial charge in [-0.1, -0.05) is 12.1 Å². The molecule has 1 aromatic heterocycles. The van der Waals surface area contributed by atoms with Gasteiger partial charge >= 0.3 is 0 Å². The van der Waals surface area contributed by atoms with Crippen molar-refractivity contribution in [1.29, 1.82) is 0 Å². The first-order chi connectivity index (χ1) is 15.9. The maximum Gasteiger partial charge on any atom is 0.262 e. The fraction of sp³-hybridized carbons (Fsp3) is 0.120. The minimum absolute atomic E-state index is 0.0654. The van der Waals surface area contributed by atoms with Crippen molar-refractivity contribution in [2.75, 3.05) is 19.0 Å².